The van der Waals surface area contributed by atoms with Crippen molar-refractivity contribution in [1.29, 1.82) is 0 Å². The number of carbonyl (C=O) groups is 1. The highest BCUT2D eigenvalue weighted by molar-refractivity contribution is 5.90. The summed E-state index contributed by atoms with van der Waals surface area (Å²) >= 11 is 0. The molecule has 1 saturated heterocycles. The van der Waals surface area contributed by atoms with Crippen LogP contribution in [0, 0.1) is 26.7 Å². The number of nitrogens with one attached hydrogen (secondary N) is 1. The van der Waals surface area contributed by atoms with Gasteiger partial charge in [-0.25, -0.2) is 9.48 Å². The maximum absolute atomic E-state index is 13.0. The molecule has 1 aliphatic rings. The molecule has 8 heteroatoms. The number of nitrogens with zero attached hydrogens (tertiary/aromatic N) is 3. The third-order valence-electron chi connectivity index (χ3n) is 5.02. The number of urea groups is 1. The first-order valence-corrected chi connectivity index (χ1v) is 8.91. The van der Waals surface area contributed by atoms with Gasteiger partial charge in [-0.1, -0.05) is 12.1 Å². The summed E-state index contributed by atoms with van der Waals surface area (Å²) in [5.74, 6) is -1.46. The molecule has 0 bridgehead atoms. The molecule has 5 nitrogen and oxygen atoms in total. The average Bonchev–Trinajstić information content (AvgIpc) is 2.97. The summed E-state index contributed by atoms with van der Waals surface area (Å²) in [5.41, 5.74) is 4.25. The summed E-state index contributed by atoms with van der Waals surface area (Å²) in [6.45, 7) is 5.79. The molecule has 27 heavy (non-hydrogen) atoms. The fraction of sp³-hybridized carbons (Fsp3) is 0.474. The van der Waals surface area contributed by atoms with Gasteiger partial charge in [0.05, 0.1) is 29.2 Å². The first-order valence-electron chi connectivity index (χ1n) is 8.91. The van der Waals surface area contributed by atoms with Crippen molar-refractivity contribution in [3.05, 3.63) is 41.2 Å². The number of benzene rings is 1. The number of carbonyl (C=O) groups excluding carboxylic acids is 1. The van der Waals surface area contributed by atoms with Crippen LogP contribution in [-0.4, -0.2) is 40.0 Å². The Balaban J connectivity index is 1.76. The fourth-order valence-corrected chi connectivity index (χ4v) is 3.35. The van der Waals surface area contributed by atoms with Gasteiger partial charge in [-0.2, -0.15) is 18.3 Å². The number of aryl methyl sites for hydroxylation is 2. The summed E-state index contributed by atoms with van der Waals surface area (Å²) in [4.78, 5) is 13.7. The quantitative estimate of drug-likeness (QED) is 0.828. The van der Waals surface area contributed by atoms with E-state index in [0.29, 0.717) is 18.7 Å². The molecule has 1 aromatic carbocycles. The third-order valence-corrected chi connectivity index (χ3v) is 5.02. The van der Waals surface area contributed by atoms with Crippen molar-refractivity contribution in [1.82, 2.24) is 14.7 Å². The van der Waals surface area contributed by atoms with Crippen molar-refractivity contribution in [3.63, 3.8) is 0 Å². The van der Waals surface area contributed by atoms with E-state index < -0.39 is 18.1 Å². The van der Waals surface area contributed by atoms with Crippen LogP contribution in [0.3, 0.4) is 0 Å². The Morgan fingerprint density at radius 3 is 2.70 bits per heavy atom. The molecule has 0 spiro atoms. The number of amides is 2. The van der Waals surface area contributed by atoms with E-state index in [-0.39, 0.29) is 13.0 Å². The molecule has 2 aromatic rings. The minimum absolute atomic E-state index is 0.0663. The summed E-state index contributed by atoms with van der Waals surface area (Å²) < 4.78 is 40.6. The maximum atomic E-state index is 13.0. The lowest BCUT2D eigenvalue weighted by Crippen LogP contribution is -2.46. The average molecular weight is 380 g/mol. The first kappa shape index (κ1) is 19.3. The molecule has 3 rings (SSSR count). The van der Waals surface area contributed by atoms with E-state index in [1.807, 2.05) is 39.0 Å². The summed E-state index contributed by atoms with van der Waals surface area (Å²) in [6, 6.07) is 5.48. The molecule has 2 amide bonds. The van der Waals surface area contributed by atoms with E-state index >= 15 is 0 Å². The zero-order valence-electron chi connectivity index (χ0n) is 15.6. The second kappa shape index (κ2) is 7.25. The number of piperidine rings is 1. The predicted molar refractivity (Wildman–Crippen MR) is 97.1 cm³/mol. The highest BCUT2D eigenvalue weighted by Crippen LogP contribution is 2.33. The minimum atomic E-state index is -4.28. The van der Waals surface area contributed by atoms with Crippen LogP contribution in [0.25, 0.3) is 5.69 Å². The standard InChI is InChI=1S/C19H23F3N4O/c1-12-6-7-13(2)17(9-12)26-14(3)16(10-23-26)24-18(27)25-8-4-5-15(11-25)19(20,21)22/h6-7,9-10,15H,4-5,8,11H2,1-3H3,(H,24,27). The topological polar surface area (TPSA) is 50.2 Å². The highest BCUT2D eigenvalue weighted by Gasteiger charge is 2.42. The number of rotatable bonds is 2. The van der Waals surface area contributed by atoms with Gasteiger partial charge >= 0.3 is 12.2 Å². The lowest BCUT2D eigenvalue weighted by Gasteiger charge is -2.33. The molecule has 0 saturated carbocycles. The lowest BCUT2D eigenvalue weighted by atomic mass is 9.98. The second-order valence-corrected chi connectivity index (χ2v) is 7.10. The fourth-order valence-electron chi connectivity index (χ4n) is 3.35. The molecule has 1 N–H and O–H groups in total. The summed E-state index contributed by atoms with van der Waals surface area (Å²) in [5, 5.41) is 7.06. The number of aromatic nitrogens is 2. The van der Waals surface area contributed by atoms with Gasteiger partial charge in [-0.3, -0.25) is 0 Å². The second-order valence-electron chi connectivity index (χ2n) is 7.10. The smallest absolute Gasteiger partial charge is 0.324 e. The van der Waals surface area contributed by atoms with Crippen molar-refractivity contribution in [2.45, 2.75) is 39.8 Å². The van der Waals surface area contributed by atoms with Crippen molar-refractivity contribution in [2.24, 2.45) is 5.92 Å². The summed E-state index contributed by atoms with van der Waals surface area (Å²) in [7, 11) is 0. The molecule has 1 aromatic heterocycles. The molecule has 1 aliphatic heterocycles. The van der Waals surface area contributed by atoms with E-state index in [1.54, 1.807) is 4.68 Å². The van der Waals surface area contributed by atoms with Crippen LogP contribution in [0.4, 0.5) is 23.7 Å². The molecule has 0 aliphatic carbocycles. The predicted octanol–water partition coefficient (Wildman–Crippen LogP) is 4.60. The molecule has 1 unspecified atom stereocenters. The van der Waals surface area contributed by atoms with E-state index in [0.717, 1.165) is 22.5 Å². The van der Waals surface area contributed by atoms with Crippen molar-refractivity contribution in [3.8, 4) is 5.69 Å². The van der Waals surface area contributed by atoms with E-state index in [9.17, 15) is 18.0 Å². The molecule has 0 radical (unpaired) electrons. The van der Waals surface area contributed by atoms with Crippen LogP contribution in [0.15, 0.2) is 24.4 Å². The summed E-state index contributed by atoms with van der Waals surface area (Å²) in [6.07, 6.45) is -2.34. The van der Waals surface area contributed by atoms with Crippen molar-refractivity contribution < 1.29 is 18.0 Å². The van der Waals surface area contributed by atoms with Crippen LogP contribution in [-0.2, 0) is 0 Å². The van der Waals surface area contributed by atoms with Gasteiger partial charge in [0.15, 0.2) is 0 Å². The number of alkyl halides is 3. The zero-order chi connectivity index (χ0) is 19.8. The van der Waals surface area contributed by atoms with Crippen molar-refractivity contribution in [2.75, 3.05) is 18.4 Å². The normalized spacial score (nSPS) is 17.9. The Bertz CT molecular complexity index is 844. The Morgan fingerprint density at radius 2 is 2.00 bits per heavy atom. The maximum Gasteiger partial charge on any atom is 0.393 e. The molecular formula is C19H23F3N4O. The molecule has 1 fully saturated rings. The largest absolute Gasteiger partial charge is 0.393 e. The molecule has 1 atom stereocenters. The van der Waals surface area contributed by atoms with Crippen LogP contribution in [0.2, 0.25) is 0 Å². The van der Waals surface area contributed by atoms with E-state index in [4.69, 9.17) is 0 Å². The van der Waals surface area contributed by atoms with Gasteiger partial charge in [0, 0.05) is 13.1 Å². The molecule has 146 valence electrons. The van der Waals surface area contributed by atoms with Crippen LogP contribution >= 0.6 is 0 Å². The Kier molecular flexibility index (Phi) is 5.17. The molecular weight excluding hydrogens is 357 g/mol. The van der Waals surface area contributed by atoms with Crippen LogP contribution in [0.1, 0.15) is 29.7 Å². The van der Waals surface area contributed by atoms with Gasteiger partial charge in [-0.05, 0) is 50.8 Å². The Morgan fingerprint density at radius 1 is 1.26 bits per heavy atom. The van der Waals surface area contributed by atoms with Gasteiger partial charge in [0.25, 0.3) is 0 Å². The van der Waals surface area contributed by atoms with Gasteiger partial charge in [0.2, 0.25) is 0 Å². The van der Waals surface area contributed by atoms with Crippen LogP contribution in [0.5, 0.6) is 0 Å². The third kappa shape index (κ3) is 4.09. The first-order chi connectivity index (χ1) is 12.7. The monoisotopic (exact) mass is 380 g/mol. The number of anilines is 1. The highest BCUT2D eigenvalue weighted by atomic mass is 19.4. The van der Waals surface area contributed by atoms with Gasteiger partial charge in [0.1, 0.15) is 0 Å². The SMILES string of the molecule is Cc1ccc(C)c(-n2ncc(NC(=O)N3CCCC(C(F)(F)F)C3)c2C)c1. The minimum Gasteiger partial charge on any atom is -0.324 e. The Labute approximate surface area is 156 Å². The van der Waals surface area contributed by atoms with E-state index in [2.05, 4.69) is 10.4 Å². The molecule has 2 heterocycles. The van der Waals surface area contributed by atoms with Crippen molar-refractivity contribution >= 4 is 11.7 Å². The van der Waals surface area contributed by atoms with Gasteiger partial charge in [-0.15, -0.1) is 0 Å². The number of hydrogen-bond acceptors (Lipinski definition) is 2. The number of likely N-dealkylation sites (tertiary alicyclic amines) is 1. The van der Waals surface area contributed by atoms with Gasteiger partial charge < -0.3 is 10.2 Å². The number of halogens is 3. The Hall–Kier alpha value is -2.51. The van der Waals surface area contributed by atoms with Crippen LogP contribution < -0.4 is 5.32 Å². The number of hydrogen-bond donors (Lipinski definition) is 1. The zero-order valence-corrected chi connectivity index (χ0v) is 15.6. The lowest BCUT2D eigenvalue weighted by molar-refractivity contribution is -0.183. The van der Waals surface area contributed by atoms with E-state index in [1.165, 1.54) is 11.1 Å².